The first-order valence-electron chi connectivity index (χ1n) is 8.37. The Kier molecular flexibility index (Phi) is 3.95. The highest BCUT2D eigenvalue weighted by Crippen LogP contribution is 2.31. The van der Waals surface area contributed by atoms with E-state index in [-0.39, 0.29) is 23.5 Å². The van der Waals surface area contributed by atoms with Crippen LogP contribution in [0.15, 0.2) is 36.4 Å². The fourth-order valence-electron chi connectivity index (χ4n) is 3.37. The van der Waals surface area contributed by atoms with Gasteiger partial charge in [-0.25, -0.2) is 0 Å². The molecule has 0 N–H and O–H groups in total. The number of aryl methyl sites for hydroxylation is 2. The zero-order chi connectivity index (χ0) is 20.0. The summed E-state index contributed by atoms with van der Waals surface area (Å²) in [5, 5.41) is 22.9. The van der Waals surface area contributed by atoms with Crippen LogP contribution in [0.4, 0.5) is 5.69 Å². The second kappa shape index (κ2) is 6.34. The van der Waals surface area contributed by atoms with Crippen molar-refractivity contribution in [2.24, 2.45) is 0 Å². The number of carbonyl (C=O) groups is 2. The van der Waals surface area contributed by atoms with E-state index in [1.807, 2.05) is 32.0 Å². The van der Waals surface area contributed by atoms with E-state index in [2.05, 4.69) is 15.5 Å². The fourth-order valence-corrected chi connectivity index (χ4v) is 3.37. The minimum Gasteiger partial charge on any atom is -0.269 e. The lowest BCUT2D eigenvalue weighted by molar-refractivity contribution is -0.385. The number of rotatable bonds is 4. The van der Waals surface area contributed by atoms with Gasteiger partial charge in [-0.05, 0) is 41.5 Å². The number of nitro groups is 1. The van der Waals surface area contributed by atoms with Gasteiger partial charge in [0.2, 0.25) is 0 Å². The van der Waals surface area contributed by atoms with Gasteiger partial charge < -0.3 is 0 Å². The number of hydrogen-bond acceptors (Lipinski definition) is 7. The molecule has 28 heavy (non-hydrogen) atoms. The molecule has 0 saturated carbocycles. The number of nitro benzene ring substituents is 1. The molecule has 1 aromatic heterocycles. The Bertz CT molecular complexity index is 1130. The smallest absolute Gasteiger partial charge is 0.269 e. The van der Waals surface area contributed by atoms with Crippen LogP contribution in [0, 0.1) is 24.0 Å². The molecular formula is C18H14N6O4. The van der Waals surface area contributed by atoms with Crippen LogP contribution < -0.4 is 0 Å². The van der Waals surface area contributed by atoms with Gasteiger partial charge >= 0.3 is 0 Å². The molecule has 0 fully saturated rings. The molecule has 10 heteroatoms. The number of carbonyl (C=O) groups excluding carboxylic acids is 2. The second-order valence-electron chi connectivity index (χ2n) is 6.40. The summed E-state index contributed by atoms with van der Waals surface area (Å²) in [5.74, 6) is -1.07. The van der Waals surface area contributed by atoms with Gasteiger partial charge in [0.15, 0.2) is 5.82 Å². The number of fused-ring (bicyclic) bond motifs is 1. The van der Waals surface area contributed by atoms with Gasteiger partial charge in [-0.1, -0.05) is 24.3 Å². The van der Waals surface area contributed by atoms with Gasteiger partial charge in [-0.3, -0.25) is 24.6 Å². The Hall–Kier alpha value is -3.95. The zero-order valence-corrected chi connectivity index (χ0v) is 15.0. The molecule has 0 bridgehead atoms. The summed E-state index contributed by atoms with van der Waals surface area (Å²) in [6, 6.07) is 9.69. The summed E-state index contributed by atoms with van der Waals surface area (Å²) >= 11 is 0. The lowest BCUT2D eigenvalue weighted by Crippen LogP contribution is -2.30. The van der Waals surface area contributed by atoms with Gasteiger partial charge in [0.1, 0.15) is 5.56 Å². The minimum absolute atomic E-state index is 0.00490. The van der Waals surface area contributed by atoms with Crippen molar-refractivity contribution in [3.8, 4) is 5.69 Å². The molecule has 1 aliphatic heterocycles. The van der Waals surface area contributed by atoms with E-state index >= 15 is 0 Å². The molecule has 2 heterocycles. The van der Waals surface area contributed by atoms with Crippen molar-refractivity contribution in [1.82, 2.24) is 25.1 Å². The van der Waals surface area contributed by atoms with Gasteiger partial charge in [-0.15, -0.1) is 5.10 Å². The molecule has 3 aromatic rings. The number of tetrazole rings is 1. The second-order valence-corrected chi connectivity index (χ2v) is 6.40. The molecule has 0 radical (unpaired) electrons. The molecule has 2 amide bonds. The third-order valence-corrected chi connectivity index (χ3v) is 4.66. The third kappa shape index (κ3) is 2.54. The maximum absolute atomic E-state index is 12.8. The van der Waals surface area contributed by atoms with Crippen LogP contribution in [-0.4, -0.2) is 41.8 Å². The van der Waals surface area contributed by atoms with E-state index in [1.165, 1.54) is 22.9 Å². The molecule has 0 unspecified atom stereocenters. The quantitative estimate of drug-likeness (QED) is 0.386. The standard InChI is InChI=1S/C18H14N6O4/c1-10-5-3-6-11(2)16(10)23-14(19-20-21-23)9-22-17(25)12-7-4-8-13(24(27)28)15(12)18(22)26/h3-8H,9H2,1-2H3. The van der Waals surface area contributed by atoms with Crippen LogP contribution in [0.3, 0.4) is 0 Å². The highest BCUT2D eigenvalue weighted by Gasteiger charge is 2.41. The summed E-state index contributed by atoms with van der Waals surface area (Å²) in [6.45, 7) is 3.60. The summed E-state index contributed by atoms with van der Waals surface area (Å²) in [6.07, 6.45) is 0. The number of imide groups is 1. The fraction of sp³-hybridized carbons (Fsp3) is 0.167. The molecule has 2 aromatic carbocycles. The largest absolute Gasteiger partial charge is 0.282 e. The van der Waals surface area contributed by atoms with Crippen LogP contribution in [-0.2, 0) is 6.54 Å². The van der Waals surface area contributed by atoms with E-state index in [1.54, 1.807) is 0 Å². The van der Waals surface area contributed by atoms with Crippen molar-refractivity contribution < 1.29 is 14.5 Å². The normalized spacial score (nSPS) is 13.1. The Morgan fingerprint density at radius 1 is 1.04 bits per heavy atom. The van der Waals surface area contributed by atoms with Crippen molar-refractivity contribution in [2.75, 3.05) is 0 Å². The van der Waals surface area contributed by atoms with Crippen LogP contribution in [0.2, 0.25) is 0 Å². The Morgan fingerprint density at radius 2 is 1.71 bits per heavy atom. The lowest BCUT2D eigenvalue weighted by Gasteiger charge is -2.15. The number of hydrogen-bond donors (Lipinski definition) is 0. The van der Waals surface area contributed by atoms with E-state index in [0.717, 1.165) is 21.7 Å². The summed E-state index contributed by atoms with van der Waals surface area (Å²) in [7, 11) is 0. The average molecular weight is 378 g/mol. The van der Waals surface area contributed by atoms with Gasteiger partial charge in [0, 0.05) is 6.07 Å². The molecule has 0 saturated heterocycles. The molecular weight excluding hydrogens is 364 g/mol. The molecule has 0 spiro atoms. The molecule has 0 atom stereocenters. The topological polar surface area (TPSA) is 124 Å². The minimum atomic E-state index is -0.733. The van der Waals surface area contributed by atoms with Crippen molar-refractivity contribution in [1.29, 1.82) is 0 Å². The first-order valence-corrected chi connectivity index (χ1v) is 8.37. The first-order chi connectivity index (χ1) is 13.4. The number of amides is 2. The van der Waals surface area contributed by atoms with Crippen molar-refractivity contribution >= 4 is 17.5 Å². The molecule has 1 aliphatic rings. The summed E-state index contributed by atoms with van der Waals surface area (Å²) < 4.78 is 1.47. The van der Waals surface area contributed by atoms with E-state index in [4.69, 9.17) is 0 Å². The molecule has 140 valence electrons. The van der Waals surface area contributed by atoms with Crippen LogP contribution in [0.25, 0.3) is 5.69 Å². The maximum atomic E-state index is 12.8. The van der Waals surface area contributed by atoms with E-state index in [9.17, 15) is 19.7 Å². The number of para-hydroxylation sites is 1. The van der Waals surface area contributed by atoms with E-state index < -0.39 is 22.4 Å². The maximum Gasteiger partial charge on any atom is 0.282 e. The number of nitrogens with zero attached hydrogens (tertiary/aromatic N) is 6. The average Bonchev–Trinajstić information content (AvgIpc) is 3.20. The Morgan fingerprint density at radius 3 is 2.39 bits per heavy atom. The molecule has 4 rings (SSSR count). The third-order valence-electron chi connectivity index (χ3n) is 4.66. The number of aromatic nitrogens is 4. The van der Waals surface area contributed by atoms with E-state index in [0.29, 0.717) is 0 Å². The predicted octanol–water partition coefficient (Wildman–Crippen LogP) is 1.98. The van der Waals surface area contributed by atoms with Crippen LogP contribution >= 0.6 is 0 Å². The highest BCUT2D eigenvalue weighted by molar-refractivity contribution is 6.23. The summed E-state index contributed by atoms with van der Waals surface area (Å²) in [5.41, 5.74) is 2.00. The van der Waals surface area contributed by atoms with Gasteiger partial charge in [0.05, 0.1) is 22.7 Å². The van der Waals surface area contributed by atoms with Crippen LogP contribution in [0.5, 0.6) is 0 Å². The summed E-state index contributed by atoms with van der Waals surface area (Å²) in [4.78, 5) is 36.9. The Labute approximate surface area is 158 Å². The highest BCUT2D eigenvalue weighted by atomic mass is 16.6. The predicted molar refractivity (Wildman–Crippen MR) is 95.9 cm³/mol. The van der Waals surface area contributed by atoms with Crippen molar-refractivity contribution in [3.05, 3.63) is 74.6 Å². The molecule has 0 aliphatic carbocycles. The lowest BCUT2D eigenvalue weighted by atomic mass is 10.1. The van der Waals surface area contributed by atoms with Crippen molar-refractivity contribution in [2.45, 2.75) is 20.4 Å². The first kappa shape index (κ1) is 17.5. The Balaban J connectivity index is 1.74. The monoisotopic (exact) mass is 378 g/mol. The zero-order valence-electron chi connectivity index (χ0n) is 15.0. The van der Waals surface area contributed by atoms with Gasteiger partial charge in [-0.2, -0.15) is 4.68 Å². The molecule has 10 nitrogen and oxygen atoms in total. The van der Waals surface area contributed by atoms with Gasteiger partial charge in [0.25, 0.3) is 17.5 Å². The van der Waals surface area contributed by atoms with Crippen molar-refractivity contribution in [3.63, 3.8) is 0 Å². The van der Waals surface area contributed by atoms with Crippen LogP contribution in [0.1, 0.15) is 37.7 Å². The number of benzene rings is 2. The SMILES string of the molecule is Cc1cccc(C)c1-n1nnnc1CN1C(=O)c2cccc([N+](=O)[O-])c2C1=O.